The van der Waals surface area contributed by atoms with Gasteiger partial charge in [0.1, 0.15) is 4.83 Å². The lowest BCUT2D eigenvalue weighted by Crippen LogP contribution is -2.22. The van der Waals surface area contributed by atoms with Crippen LogP contribution in [0.2, 0.25) is 0 Å². The predicted molar refractivity (Wildman–Crippen MR) is 113 cm³/mol. The van der Waals surface area contributed by atoms with Crippen molar-refractivity contribution in [2.45, 2.75) is 45.1 Å². The molecule has 0 bridgehead atoms. The first-order valence-electron chi connectivity index (χ1n) is 9.00. The maximum absolute atomic E-state index is 12.9. The Hall–Kier alpha value is -2.45. The number of hydrogen-bond donors (Lipinski definition) is 0. The van der Waals surface area contributed by atoms with Gasteiger partial charge in [-0.1, -0.05) is 29.5 Å². The van der Waals surface area contributed by atoms with Crippen LogP contribution in [0, 0.1) is 20.8 Å². The van der Waals surface area contributed by atoms with E-state index in [2.05, 4.69) is 10.2 Å². The molecule has 144 valence electrons. The molecule has 0 aliphatic carbocycles. The number of hydrogen-bond acceptors (Lipinski definition) is 7. The summed E-state index contributed by atoms with van der Waals surface area (Å²) in [5.41, 5.74) is 3.11. The Balaban J connectivity index is 1.61. The van der Waals surface area contributed by atoms with Crippen molar-refractivity contribution in [1.82, 2.24) is 19.7 Å². The van der Waals surface area contributed by atoms with Crippen molar-refractivity contribution in [3.05, 3.63) is 56.5 Å². The molecule has 4 aromatic rings. The molecule has 0 saturated heterocycles. The normalized spacial score (nSPS) is 11.4. The number of benzene rings is 1. The molecule has 0 aliphatic heterocycles. The standard InChI is InChI=1S/C20H20N4O2S2/c1-5-24-19(25)16-12(3)13(4)28-18(16)21-20(24)27-10-15-22-23-17(26-15)14-8-6-11(2)7-9-14/h6-9H,5,10H2,1-4H3. The van der Waals surface area contributed by atoms with Crippen LogP contribution in [0.5, 0.6) is 0 Å². The Kier molecular flexibility index (Phi) is 5.07. The highest BCUT2D eigenvalue weighted by atomic mass is 32.2. The van der Waals surface area contributed by atoms with Crippen molar-refractivity contribution in [3.8, 4) is 11.5 Å². The molecule has 0 N–H and O–H groups in total. The van der Waals surface area contributed by atoms with E-state index in [1.165, 1.54) is 17.3 Å². The molecule has 0 radical (unpaired) electrons. The lowest BCUT2D eigenvalue weighted by atomic mass is 10.1. The average Bonchev–Trinajstić information content (AvgIpc) is 3.26. The van der Waals surface area contributed by atoms with Gasteiger partial charge in [-0.2, -0.15) is 0 Å². The molecular formula is C20H20N4O2S2. The van der Waals surface area contributed by atoms with Crippen molar-refractivity contribution < 1.29 is 4.42 Å². The van der Waals surface area contributed by atoms with E-state index in [9.17, 15) is 4.79 Å². The van der Waals surface area contributed by atoms with Crippen LogP contribution in [0.25, 0.3) is 21.7 Å². The SMILES string of the molecule is CCn1c(SCc2nnc(-c3ccc(C)cc3)o2)nc2sc(C)c(C)c2c1=O. The van der Waals surface area contributed by atoms with Gasteiger partial charge in [0.05, 0.1) is 11.1 Å². The molecule has 0 amide bonds. The third-order valence-electron chi connectivity index (χ3n) is 4.66. The molecule has 0 fully saturated rings. The van der Waals surface area contributed by atoms with Crippen molar-refractivity contribution in [2.75, 3.05) is 0 Å². The molecule has 6 nitrogen and oxygen atoms in total. The summed E-state index contributed by atoms with van der Waals surface area (Å²) >= 11 is 3.00. The van der Waals surface area contributed by atoms with Crippen LogP contribution >= 0.6 is 23.1 Å². The predicted octanol–water partition coefficient (Wildman–Crippen LogP) is 4.75. The lowest BCUT2D eigenvalue weighted by Gasteiger charge is -2.08. The maximum Gasteiger partial charge on any atom is 0.263 e. The maximum atomic E-state index is 12.9. The van der Waals surface area contributed by atoms with Gasteiger partial charge in [0.2, 0.25) is 11.8 Å². The van der Waals surface area contributed by atoms with Gasteiger partial charge in [-0.3, -0.25) is 9.36 Å². The zero-order valence-electron chi connectivity index (χ0n) is 16.1. The smallest absolute Gasteiger partial charge is 0.263 e. The number of thiophene rings is 1. The van der Waals surface area contributed by atoms with Crippen LogP contribution in [-0.2, 0) is 12.3 Å². The highest BCUT2D eigenvalue weighted by molar-refractivity contribution is 7.98. The minimum atomic E-state index is 0.0164. The summed E-state index contributed by atoms with van der Waals surface area (Å²) in [7, 11) is 0. The summed E-state index contributed by atoms with van der Waals surface area (Å²) in [6.45, 7) is 8.56. The highest BCUT2D eigenvalue weighted by Gasteiger charge is 2.17. The third kappa shape index (κ3) is 3.38. The van der Waals surface area contributed by atoms with E-state index in [1.54, 1.807) is 15.9 Å². The first-order valence-corrected chi connectivity index (χ1v) is 10.8. The highest BCUT2D eigenvalue weighted by Crippen LogP contribution is 2.29. The van der Waals surface area contributed by atoms with Gasteiger partial charge in [0.25, 0.3) is 5.56 Å². The quantitative estimate of drug-likeness (QED) is 0.348. The minimum Gasteiger partial charge on any atom is -0.420 e. The summed E-state index contributed by atoms with van der Waals surface area (Å²) in [6.07, 6.45) is 0. The average molecular weight is 413 g/mol. The van der Waals surface area contributed by atoms with Gasteiger partial charge >= 0.3 is 0 Å². The van der Waals surface area contributed by atoms with Crippen LogP contribution in [0.15, 0.2) is 38.6 Å². The van der Waals surface area contributed by atoms with Crippen molar-refractivity contribution in [1.29, 1.82) is 0 Å². The molecule has 1 aromatic carbocycles. The number of thioether (sulfide) groups is 1. The summed E-state index contributed by atoms with van der Waals surface area (Å²) in [5, 5.41) is 9.68. The molecule has 0 spiro atoms. The Labute approximate surface area is 170 Å². The van der Waals surface area contributed by atoms with Gasteiger partial charge in [0.15, 0.2) is 5.16 Å². The summed E-state index contributed by atoms with van der Waals surface area (Å²) < 4.78 is 7.50. The number of aryl methyl sites for hydroxylation is 3. The monoisotopic (exact) mass is 412 g/mol. The van der Waals surface area contributed by atoms with E-state index in [0.29, 0.717) is 29.2 Å². The van der Waals surface area contributed by atoms with Crippen LogP contribution in [0.3, 0.4) is 0 Å². The Bertz CT molecular complexity index is 1210. The van der Waals surface area contributed by atoms with Crippen LogP contribution in [-0.4, -0.2) is 19.7 Å². The van der Waals surface area contributed by atoms with Gasteiger partial charge in [-0.15, -0.1) is 21.5 Å². The molecule has 28 heavy (non-hydrogen) atoms. The molecule has 0 unspecified atom stereocenters. The molecule has 0 atom stereocenters. The first kappa shape index (κ1) is 18.9. The summed E-state index contributed by atoms with van der Waals surface area (Å²) in [6, 6.07) is 7.95. The molecule has 0 saturated carbocycles. The zero-order chi connectivity index (χ0) is 19.8. The van der Waals surface area contributed by atoms with Crippen molar-refractivity contribution in [2.24, 2.45) is 0 Å². The van der Waals surface area contributed by atoms with E-state index >= 15 is 0 Å². The van der Waals surface area contributed by atoms with E-state index in [0.717, 1.165) is 26.2 Å². The topological polar surface area (TPSA) is 73.8 Å². The van der Waals surface area contributed by atoms with Crippen molar-refractivity contribution >= 4 is 33.3 Å². The minimum absolute atomic E-state index is 0.0164. The fourth-order valence-corrected chi connectivity index (χ4v) is 4.92. The van der Waals surface area contributed by atoms with Crippen LogP contribution in [0.4, 0.5) is 0 Å². The van der Waals surface area contributed by atoms with Gasteiger partial charge in [-0.05, 0) is 45.4 Å². The van der Waals surface area contributed by atoms with Gasteiger partial charge in [-0.25, -0.2) is 4.98 Å². The number of aromatic nitrogens is 4. The largest absolute Gasteiger partial charge is 0.420 e. The fourth-order valence-electron chi connectivity index (χ4n) is 2.95. The van der Waals surface area contributed by atoms with E-state index in [1.807, 2.05) is 52.0 Å². The zero-order valence-corrected chi connectivity index (χ0v) is 17.8. The molecule has 8 heteroatoms. The summed E-state index contributed by atoms with van der Waals surface area (Å²) in [5.74, 6) is 1.47. The Morgan fingerprint density at radius 3 is 2.61 bits per heavy atom. The van der Waals surface area contributed by atoms with E-state index in [4.69, 9.17) is 9.40 Å². The molecule has 4 rings (SSSR count). The fraction of sp³-hybridized carbons (Fsp3) is 0.300. The summed E-state index contributed by atoms with van der Waals surface area (Å²) in [4.78, 5) is 19.6. The Morgan fingerprint density at radius 1 is 1.14 bits per heavy atom. The van der Waals surface area contributed by atoms with Crippen LogP contribution < -0.4 is 5.56 Å². The van der Waals surface area contributed by atoms with E-state index in [-0.39, 0.29) is 5.56 Å². The number of rotatable bonds is 5. The molecule has 0 aliphatic rings. The van der Waals surface area contributed by atoms with Crippen molar-refractivity contribution in [3.63, 3.8) is 0 Å². The molecular weight excluding hydrogens is 392 g/mol. The van der Waals surface area contributed by atoms with Gasteiger partial charge < -0.3 is 4.42 Å². The molecule has 3 heterocycles. The van der Waals surface area contributed by atoms with Crippen LogP contribution in [0.1, 0.15) is 28.8 Å². The van der Waals surface area contributed by atoms with Gasteiger partial charge in [0, 0.05) is 17.0 Å². The molecule has 3 aromatic heterocycles. The van der Waals surface area contributed by atoms with E-state index < -0.39 is 0 Å². The number of nitrogens with zero attached hydrogens (tertiary/aromatic N) is 4. The second-order valence-corrected chi connectivity index (χ2v) is 8.71. The first-order chi connectivity index (χ1) is 13.5. The second kappa shape index (κ2) is 7.52. The third-order valence-corrected chi connectivity index (χ3v) is 6.72. The lowest BCUT2D eigenvalue weighted by molar-refractivity contribution is 0.527. The Morgan fingerprint density at radius 2 is 1.89 bits per heavy atom. The number of fused-ring (bicyclic) bond motifs is 1. The second-order valence-electron chi connectivity index (χ2n) is 6.56.